The molecule has 0 aliphatic carbocycles. The molecule has 1 aliphatic rings. The molecule has 2 aromatic rings. The number of rotatable bonds is 5. The first-order valence-electron chi connectivity index (χ1n) is 8.50. The van der Waals surface area contributed by atoms with Gasteiger partial charge in [-0.3, -0.25) is 4.79 Å². The van der Waals surface area contributed by atoms with Gasteiger partial charge in [-0.05, 0) is 55.2 Å². The zero-order chi connectivity index (χ0) is 17.8. The predicted molar refractivity (Wildman–Crippen MR) is 105 cm³/mol. The number of hydrogen-bond acceptors (Lipinski definition) is 3. The van der Waals surface area contributed by atoms with Crippen LogP contribution in [0.25, 0.3) is 0 Å². The fourth-order valence-electron chi connectivity index (χ4n) is 3.21. The Kier molecular flexibility index (Phi) is 5.63. The van der Waals surface area contributed by atoms with Crippen LogP contribution in [-0.4, -0.2) is 32.7 Å². The molecule has 1 N–H and O–H groups in total. The Morgan fingerprint density at radius 1 is 1.32 bits per heavy atom. The zero-order valence-corrected chi connectivity index (χ0v) is 16.2. The van der Waals surface area contributed by atoms with Crippen molar-refractivity contribution in [2.24, 2.45) is 5.92 Å². The molecule has 132 valence electrons. The summed E-state index contributed by atoms with van der Waals surface area (Å²) in [5, 5.41) is 3.06. The van der Waals surface area contributed by atoms with Crippen LogP contribution in [0.15, 0.2) is 46.9 Å². The highest BCUT2D eigenvalue weighted by atomic mass is 79.9. The molecule has 0 spiro atoms. The number of hydrogen-bond donors (Lipinski definition) is 1. The van der Waals surface area contributed by atoms with Crippen molar-refractivity contribution in [3.05, 3.63) is 58.1 Å². The van der Waals surface area contributed by atoms with Crippen LogP contribution in [0.1, 0.15) is 22.3 Å². The van der Waals surface area contributed by atoms with Gasteiger partial charge >= 0.3 is 0 Å². The second kappa shape index (κ2) is 7.91. The van der Waals surface area contributed by atoms with Gasteiger partial charge in [-0.2, -0.15) is 0 Å². The molecule has 0 saturated carbocycles. The van der Waals surface area contributed by atoms with Gasteiger partial charge < -0.3 is 15.0 Å². The summed E-state index contributed by atoms with van der Waals surface area (Å²) in [6.07, 6.45) is 1.09. The monoisotopic (exact) mass is 402 g/mol. The summed E-state index contributed by atoms with van der Waals surface area (Å²) >= 11 is 3.52. The lowest BCUT2D eigenvalue weighted by atomic mass is 10.1. The molecule has 1 atom stereocenters. The van der Waals surface area contributed by atoms with Crippen molar-refractivity contribution in [2.75, 3.05) is 31.6 Å². The van der Waals surface area contributed by atoms with Gasteiger partial charge in [0, 0.05) is 35.4 Å². The number of amides is 1. The second-order valence-corrected chi connectivity index (χ2v) is 7.39. The van der Waals surface area contributed by atoms with Gasteiger partial charge in [-0.25, -0.2) is 0 Å². The van der Waals surface area contributed by atoms with Crippen LogP contribution in [0, 0.1) is 12.8 Å². The van der Waals surface area contributed by atoms with Crippen LogP contribution in [0.4, 0.5) is 5.69 Å². The van der Waals surface area contributed by atoms with Crippen LogP contribution in [0.2, 0.25) is 0 Å². The molecule has 1 saturated heterocycles. The Balaban J connectivity index is 1.55. The predicted octanol–water partition coefficient (Wildman–Crippen LogP) is 4.02. The third-order valence-electron chi connectivity index (χ3n) is 4.68. The highest BCUT2D eigenvalue weighted by Crippen LogP contribution is 2.26. The van der Waals surface area contributed by atoms with Gasteiger partial charge in [0.15, 0.2) is 0 Å². The number of nitrogens with zero attached hydrogens (tertiary/aromatic N) is 1. The molecule has 0 bridgehead atoms. The van der Waals surface area contributed by atoms with E-state index >= 15 is 0 Å². The first-order valence-corrected chi connectivity index (χ1v) is 9.29. The molecule has 4 nitrogen and oxygen atoms in total. The fraction of sp³-hybridized carbons (Fsp3) is 0.350. The summed E-state index contributed by atoms with van der Waals surface area (Å²) in [6.45, 7) is 4.65. The molecule has 5 heteroatoms. The normalized spacial score (nSPS) is 16.8. The van der Waals surface area contributed by atoms with E-state index in [1.807, 2.05) is 25.1 Å². The Hall–Kier alpha value is -2.01. The molecule has 0 radical (unpaired) electrons. The molecule has 1 aliphatic heterocycles. The number of aryl methyl sites for hydroxylation is 1. The van der Waals surface area contributed by atoms with Crippen LogP contribution in [-0.2, 0) is 0 Å². The second-order valence-electron chi connectivity index (χ2n) is 6.48. The van der Waals surface area contributed by atoms with Crippen molar-refractivity contribution < 1.29 is 9.53 Å². The highest BCUT2D eigenvalue weighted by Gasteiger charge is 2.23. The van der Waals surface area contributed by atoms with E-state index in [0.717, 1.165) is 35.3 Å². The van der Waals surface area contributed by atoms with E-state index in [1.54, 1.807) is 13.2 Å². The Morgan fingerprint density at radius 3 is 2.92 bits per heavy atom. The molecule has 1 fully saturated rings. The van der Waals surface area contributed by atoms with Gasteiger partial charge in [0.25, 0.3) is 5.91 Å². The Morgan fingerprint density at radius 2 is 2.16 bits per heavy atom. The average Bonchev–Trinajstić information content (AvgIpc) is 3.09. The van der Waals surface area contributed by atoms with Crippen molar-refractivity contribution in [1.29, 1.82) is 0 Å². The molecule has 0 aromatic heterocycles. The number of benzene rings is 2. The minimum Gasteiger partial charge on any atom is -0.496 e. The van der Waals surface area contributed by atoms with E-state index in [-0.39, 0.29) is 5.91 Å². The first-order chi connectivity index (χ1) is 12.1. The summed E-state index contributed by atoms with van der Waals surface area (Å²) in [4.78, 5) is 14.8. The van der Waals surface area contributed by atoms with E-state index in [2.05, 4.69) is 44.3 Å². The van der Waals surface area contributed by atoms with Crippen molar-refractivity contribution in [3.63, 3.8) is 0 Å². The zero-order valence-electron chi connectivity index (χ0n) is 14.6. The minimum absolute atomic E-state index is 0.0424. The lowest BCUT2D eigenvalue weighted by Crippen LogP contribution is -2.31. The van der Waals surface area contributed by atoms with Gasteiger partial charge in [-0.1, -0.05) is 28.1 Å². The molecule has 1 unspecified atom stereocenters. The molecule has 25 heavy (non-hydrogen) atoms. The molecule has 2 aromatic carbocycles. The van der Waals surface area contributed by atoms with Crippen LogP contribution >= 0.6 is 15.9 Å². The summed E-state index contributed by atoms with van der Waals surface area (Å²) < 4.78 is 6.39. The van der Waals surface area contributed by atoms with Crippen LogP contribution < -0.4 is 15.0 Å². The highest BCUT2D eigenvalue weighted by molar-refractivity contribution is 9.10. The topological polar surface area (TPSA) is 41.6 Å². The van der Waals surface area contributed by atoms with E-state index in [9.17, 15) is 4.79 Å². The van der Waals surface area contributed by atoms with Gasteiger partial charge in [0.2, 0.25) is 0 Å². The number of anilines is 1. The lowest BCUT2D eigenvalue weighted by molar-refractivity contribution is 0.0948. The van der Waals surface area contributed by atoms with E-state index < -0.39 is 0 Å². The van der Waals surface area contributed by atoms with Gasteiger partial charge in [-0.15, -0.1) is 0 Å². The average molecular weight is 403 g/mol. The van der Waals surface area contributed by atoms with Crippen molar-refractivity contribution >= 4 is 27.5 Å². The maximum Gasteiger partial charge on any atom is 0.251 e. The summed E-state index contributed by atoms with van der Waals surface area (Å²) in [5.74, 6) is 1.17. The van der Waals surface area contributed by atoms with Crippen molar-refractivity contribution in [3.8, 4) is 5.75 Å². The van der Waals surface area contributed by atoms with Crippen LogP contribution in [0.3, 0.4) is 0 Å². The molecule has 1 amide bonds. The third-order valence-corrected chi connectivity index (χ3v) is 5.17. The molecular weight excluding hydrogens is 380 g/mol. The maximum atomic E-state index is 12.4. The van der Waals surface area contributed by atoms with E-state index in [1.165, 1.54) is 5.69 Å². The minimum atomic E-state index is -0.0424. The number of methoxy groups -OCH3 is 1. The summed E-state index contributed by atoms with van der Waals surface area (Å²) in [7, 11) is 1.62. The number of carbonyl (C=O) groups is 1. The van der Waals surface area contributed by atoms with Gasteiger partial charge in [0.1, 0.15) is 5.75 Å². The summed E-state index contributed by atoms with van der Waals surface area (Å²) in [5.41, 5.74) is 2.90. The standard InChI is InChI=1S/C20H23BrN2O2/c1-14-6-7-16(10-19(14)25-2)20(24)22-12-15-8-9-23(13-15)18-5-3-4-17(21)11-18/h3-7,10-11,15H,8-9,12-13H2,1-2H3,(H,22,24). The summed E-state index contributed by atoms with van der Waals surface area (Å²) in [6, 6.07) is 13.9. The number of ether oxygens (including phenoxy) is 1. The number of halogens is 1. The Bertz CT molecular complexity index is 763. The van der Waals surface area contributed by atoms with Crippen molar-refractivity contribution in [1.82, 2.24) is 5.32 Å². The molecular formula is C20H23BrN2O2. The van der Waals surface area contributed by atoms with Gasteiger partial charge in [0.05, 0.1) is 7.11 Å². The van der Waals surface area contributed by atoms with E-state index in [4.69, 9.17) is 4.74 Å². The largest absolute Gasteiger partial charge is 0.496 e. The lowest BCUT2D eigenvalue weighted by Gasteiger charge is -2.19. The quantitative estimate of drug-likeness (QED) is 0.820. The number of nitrogens with one attached hydrogen (secondary N) is 1. The Labute approximate surface area is 157 Å². The first kappa shape index (κ1) is 17.8. The third kappa shape index (κ3) is 4.34. The molecule has 1 heterocycles. The molecule has 3 rings (SSSR count). The van der Waals surface area contributed by atoms with E-state index in [0.29, 0.717) is 18.0 Å². The number of carbonyl (C=O) groups excluding carboxylic acids is 1. The smallest absolute Gasteiger partial charge is 0.251 e. The maximum absolute atomic E-state index is 12.4. The fourth-order valence-corrected chi connectivity index (χ4v) is 3.59. The van der Waals surface area contributed by atoms with Crippen molar-refractivity contribution in [2.45, 2.75) is 13.3 Å². The van der Waals surface area contributed by atoms with Crippen LogP contribution in [0.5, 0.6) is 5.75 Å². The SMILES string of the molecule is COc1cc(C(=O)NCC2CCN(c3cccc(Br)c3)C2)ccc1C.